The zero-order valence-corrected chi connectivity index (χ0v) is 12.4. The normalized spacial score (nSPS) is 19.7. The second-order valence-corrected chi connectivity index (χ2v) is 7.51. The summed E-state index contributed by atoms with van der Waals surface area (Å²) in [4.78, 5) is 11.4. The van der Waals surface area contributed by atoms with E-state index in [1.54, 1.807) is 5.48 Å². The predicted octanol–water partition coefficient (Wildman–Crippen LogP) is 3.33. The molecule has 4 heteroatoms. The monoisotopic (exact) mass is 273 g/mol. The van der Waals surface area contributed by atoms with Crippen LogP contribution in [0.5, 0.6) is 0 Å². The van der Waals surface area contributed by atoms with Crippen molar-refractivity contribution in [1.29, 1.82) is 0 Å². The highest BCUT2D eigenvalue weighted by molar-refractivity contribution is 8.14. The van der Waals surface area contributed by atoms with Crippen LogP contribution in [0, 0.1) is 5.41 Å². The molecule has 1 rings (SSSR count). The molecule has 1 amide bonds. The standard InChI is InChI=1S/C14H27NO2S/c1-3-4-7-10-18(2)12-14(8-5-6-9-14)11-13(16)15-17/h17H,2-12H2,1H3,(H,15,16). The second kappa shape index (κ2) is 7.95. The van der Waals surface area contributed by atoms with E-state index in [0.717, 1.165) is 18.6 Å². The highest BCUT2D eigenvalue weighted by Crippen LogP contribution is 2.44. The smallest absolute Gasteiger partial charge is 0.243 e. The minimum absolute atomic E-state index is 0.115. The van der Waals surface area contributed by atoms with Crippen LogP contribution in [0.15, 0.2) is 0 Å². The molecule has 1 unspecified atom stereocenters. The second-order valence-electron chi connectivity index (χ2n) is 5.59. The van der Waals surface area contributed by atoms with Crippen molar-refractivity contribution in [3.8, 4) is 0 Å². The van der Waals surface area contributed by atoms with E-state index in [1.807, 2.05) is 0 Å². The van der Waals surface area contributed by atoms with Crippen molar-refractivity contribution in [1.82, 2.24) is 5.48 Å². The number of carbonyl (C=O) groups is 1. The van der Waals surface area contributed by atoms with Gasteiger partial charge in [-0.15, -0.1) is 0 Å². The molecule has 0 bridgehead atoms. The van der Waals surface area contributed by atoms with Crippen LogP contribution in [0.2, 0.25) is 0 Å². The van der Waals surface area contributed by atoms with Gasteiger partial charge in [-0.25, -0.2) is 5.48 Å². The first-order chi connectivity index (χ1) is 8.62. The molecule has 1 aliphatic rings. The summed E-state index contributed by atoms with van der Waals surface area (Å²) in [6.45, 7) is 2.21. The molecule has 0 aromatic carbocycles. The van der Waals surface area contributed by atoms with Gasteiger partial charge in [0.25, 0.3) is 0 Å². The Labute approximate surface area is 113 Å². The van der Waals surface area contributed by atoms with Gasteiger partial charge in [-0.05, 0) is 36.2 Å². The minimum Gasteiger partial charge on any atom is -0.289 e. The summed E-state index contributed by atoms with van der Waals surface area (Å²) in [7, 11) is 0.169. The van der Waals surface area contributed by atoms with E-state index in [9.17, 15) is 4.79 Å². The van der Waals surface area contributed by atoms with E-state index in [2.05, 4.69) is 12.8 Å². The molecule has 0 aromatic heterocycles. The highest BCUT2D eigenvalue weighted by atomic mass is 32.2. The molecular formula is C14H27NO2S. The van der Waals surface area contributed by atoms with Crippen LogP contribution in [0.4, 0.5) is 0 Å². The molecule has 18 heavy (non-hydrogen) atoms. The van der Waals surface area contributed by atoms with Crippen LogP contribution in [-0.2, 0) is 4.79 Å². The maximum absolute atomic E-state index is 11.4. The van der Waals surface area contributed by atoms with Crippen molar-refractivity contribution in [2.45, 2.75) is 58.3 Å². The van der Waals surface area contributed by atoms with E-state index < -0.39 is 0 Å². The molecule has 0 saturated heterocycles. The van der Waals surface area contributed by atoms with Crippen molar-refractivity contribution >= 4 is 22.3 Å². The molecule has 1 aliphatic carbocycles. The van der Waals surface area contributed by atoms with Gasteiger partial charge in [0.1, 0.15) is 0 Å². The number of rotatable bonds is 8. The van der Waals surface area contributed by atoms with Gasteiger partial charge in [0, 0.05) is 6.42 Å². The SMILES string of the molecule is C=S(CCCCC)CC1(CC(=O)NO)CCCC1. The largest absolute Gasteiger partial charge is 0.289 e. The maximum Gasteiger partial charge on any atom is 0.243 e. The minimum atomic E-state index is -0.234. The molecule has 1 atom stereocenters. The lowest BCUT2D eigenvalue weighted by Gasteiger charge is -2.29. The van der Waals surface area contributed by atoms with Gasteiger partial charge in [-0.2, -0.15) is 10.5 Å². The Hall–Kier alpha value is -0.350. The van der Waals surface area contributed by atoms with Crippen LogP contribution in [0.1, 0.15) is 58.3 Å². The van der Waals surface area contributed by atoms with Gasteiger partial charge >= 0.3 is 0 Å². The third kappa shape index (κ3) is 5.11. The molecule has 1 fully saturated rings. The first-order valence-electron chi connectivity index (χ1n) is 7.02. The maximum atomic E-state index is 11.4. The third-order valence-corrected chi connectivity index (χ3v) is 5.76. The molecule has 2 N–H and O–H groups in total. The lowest BCUT2D eigenvalue weighted by atomic mass is 9.84. The van der Waals surface area contributed by atoms with E-state index in [1.165, 1.54) is 37.9 Å². The molecule has 0 aromatic rings. The Morgan fingerprint density at radius 3 is 2.61 bits per heavy atom. The quantitative estimate of drug-likeness (QED) is 0.308. The van der Waals surface area contributed by atoms with Crippen molar-refractivity contribution in [3.05, 3.63) is 0 Å². The average Bonchev–Trinajstić information content (AvgIpc) is 2.77. The number of hydroxylamine groups is 1. The number of hydrogen-bond acceptors (Lipinski definition) is 2. The average molecular weight is 273 g/mol. The summed E-state index contributed by atoms with van der Waals surface area (Å²) in [6, 6.07) is 0. The Bertz CT molecular complexity index is 286. The number of unbranched alkanes of at least 4 members (excludes halogenated alkanes) is 2. The predicted molar refractivity (Wildman–Crippen MR) is 79.4 cm³/mol. The third-order valence-electron chi connectivity index (χ3n) is 3.87. The summed E-state index contributed by atoms with van der Waals surface area (Å²) in [5, 5.41) is 8.70. The fourth-order valence-electron chi connectivity index (χ4n) is 2.94. The Morgan fingerprint density at radius 1 is 1.39 bits per heavy atom. The lowest BCUT2D eigenvalue weighted by Crippen LogP contribution is -2.30. The zero-order chi connectivity index (χ0) is 13.4. The summed E-state index contributed by atoms with van der Waals surface area (Å²) in [5.74, 6) is 6.30. The number of hydrogen-bond donors (Lipinski definition) is 2. The van der Waals surface area contributed by atoms with Crippen LogP contribution in [0.3, 0.4) is 0 Å². The topological polar surface area (TPSA) is 49.3 Å². The van der Waals surface area contributed by atoms with Gasteiger partial charge in [-0.3, -0.25) is 10.0 Å². The number of nitrogens with one attached hydrogen (secondary N) is 1. The van der Waals surface area contributed by atoms with Gasteiger partial charge in [0.15, 0.2) is 0 Å². The van der Waals surface area contributed by atoms with Crippen molar-refractivity contribution in [2.75, 3.05) is 11.5 Å². The summed E-state index contributed by atoms with van der Waals surface area (Å²) >= 11 is 0. The first-order valence-corrected chi connectivity index (χ1v) is 8.75. The summed E-state index contributed by atoms with van der Waals surface area (Å²) in [6.07, 6.45) is 8.91. The summed E-state index contributed by atoms with van der Waals surface area (Å²) < 4.78 is 0. The first kappa shape index (κ1) is 15.7. The molecular weight excluding hydrogens is 246 g/mol. The number of carbonyl (C=O) groups excluding carboxylic acids is 1. The molecule has 0 aliphatic heterocycles. The van der Waals surface area contributed by atoms with E-state index >= 15 is 0 Å². The number of amides is 1. The van der Waals surface area contributed by atoms with Gasteiger partial charge in [-0.1, -0.05) is 38.5 Å². The van der Waals surface area contributed by atoms with Crippen LogP contribution >= 0.6 is 10.5 Å². The Kier molecular flexibility index (Phi) is 6.94. The zero-order valence-electron chi connectivity index (χ0n) is 11.5. The Balaban J connectivity index is 2.46. The van der Waals surface area contributed by atoms with Crippen molar-refractivity contribution < 1.29 is 10.0 Å². The van der Waals surface area contributed by atoms with Crippen LogP contribution in [0.25, 0.3) is 0 Å². The van der Waals surface area contributed by atoms with Gasteiger partial charge in [0.2, 0.25) is 5.91 Å². The molecule has 1 saturated carbocycles. The van der Waals surface area contributed by atoms with Crippen LogP contribution < -0.4 is 5.48 Å². The molecule has 0 spiro atoms. The van der Waals surface area contributed by atoms with E-state index in [4.69, 9.17) is 5.21 Å². The van der Waals surface area contributed by atoms with Crippen LogP contribution in [-0.4, -0.2) is 28.5 Å². The Morgan fingerprint density at radius 2 is 2.06 bits per heavy atom. The fourth-order valence-corrected chi connectivity index (χ4v) is 4.95. The van der Waals surface area contributed by atoms with Crippen molar-refractivity contribution in [3.63, 3.8) is 0 Å². The lowest BCUT2D eigenvalue weighted by molar-refractivity contribution is -0.131. The summed E-state index contributed by atoms with van der Waals surface area (Å²) in [5.41, 5.74) is 1.90. The highest BCUT2D eigenvalue weighted by Gasteiger charge is 2.36. The van der Waals surface area contributed by atoms with Gasteiger partial charge < -0.3 is 0 Å². The van der Waals surface area contributed by atoms with Crippen molar-refractivity contribution in [2.24, 2.45) is 5.41 Å². The van der Waals surface area contributed by atoms with E-state index in [0.29, 0.717) is 6.42 Å². The van der Waals surface area contributed by atoms with Gasteiger partial charge in [0.05, 0.1) is 0 Å². The molecule has 3 nitrogen and oxygen atoms in total. The molecule has 0 radical (unpaired) electrons. The fraction of sp³-hybridized carbons (Fsp3) is 0.857. The molecule has 106 valence electrons. The van der Waals surface area contributed by atoms with E-state index in [-0.39, 0.29) is 21.8 Å². The molecule has 0 heterocycles.